The molecule has 4 heteroatoms. The first-order valence-electron chi connectivity index (χ1n) is 6.37. The lowest BCUT2D eigenvalue weighted by Crippen LogP contribution is -2.41. The highest BCUT2D eigenvalue weighted by molar-refractivity contribution is 6.62. The molecule has 0 saturated carbocycles. The fourth-order valence-electron chi connectivity index (χ4n) is 2.09. The molecule has 2 rings (SSSR count). The van der Waals surface area contributed by atoms with Crippen LogP contribution in [0, 0.1) is 13.8 Å². The van der Waals surface area contributed by atoms with Crippen LogP contribution in [0.2, 0.25) is 0 Å². The smallest absolute Gasteiger partial charge is 0.399 e. The third kappa shape index (κ3) is 1.93. The second-order valence-electron chi connectivity index (χ2n) is 6.08. The molecule has 1 aliphatic rings. The van der Waals surface area contributed by atoms with Crippen LogP contribution in [0.25, 0.3) is 0 Å². The fourth-order valence-corrected chi connectivity index (χ4v) is 2.09. The van der Waals surface area contributed by atoms with Gasteiger partial charge in [0.05, 0.1) is 11.2 Å². The van der Waals surface area contributed by atoms with E-state index in [2.05, 4.69) is 34.6 Å². The molecule has 1 aromatic carbocycles. The van der Waals surface area contributed by atoms with Crippen LogP contribution in [0.5, 0.6) is 0 Å². The molecule has 0 unspecified atom stereocenters. The first-order valence-corrected chi connectivity index (χ1v) is 6.37. The Labute approximate surface area is 110 Å². The van der Waals surface area contributed by atoms with Crippen LogP contribution in [0.4, 0.5) is 5.69 Å². The van der Waals surface area contributed by atoms with Gasteiger partial charge in [0.25, 0.3) is 0 Å². The van der Waals surface area contributed by atoms with Gasteiger partial charge in [-0.25, -0.2) is 0 Å². The molecule has 0 atom stereocenters. The van der Waals surface area contributed by atoms with Gasteiger partial charge in [-0.15, -0.1) is 0 Å². The average Bonchev–Trinajstić information content (AvgIpc) is 2.45. The Morgan fingerprint density at radius 2 is 1.44 bits per heavy atom. The molecular weight excluding hydrogens is 225 g/mol. The molecule has 1 heterocycles. The Balaban J connectivity index is 2.39. The summed E-state index contributed by atoms with van der Waals surface area (Å²) in [5.74, 6) is 0. The van der Waals surface area contributed by atoms with Crippen molar-refractivity contribution in [3.05, 3.63) is 23.3 Å². The zero-order valence-corrected chi connectivity index (χ0v) is 12.1. The second kappa shape index (κ2) is 4.00. The van der Waals surface area contributed by atoms with Crippen molar-refractivity contribution < 1.29 is 9.31 Å². The summed E-state index contributed by atoms with van der Waals surface area (Å²) in [5.41, 5.74) is 9.43. The zero-order valence-electron chi connectivity index (χ0n) is 12.1. The minimum Gasteiger partial charge on any atom is -0.399 e. The van der Waals surface area contributed by atoms with Gasteiger partial charge in [0, 0.05) is 5.69 Å². The van der Waals surface area contributed by atoms with Gasteiger partial charge in [-0.2, -0.15) is 0 Å². The minimum atomic E-state index is -0.311. The predicted octanol–water partition coefficient (Wildman–Crippen LogP) is 2.18. The average molecular weight is 247 g/mol. The van der Waals surface area contributed by atoms with Gasteiger partial charge >= 0.3 is 7.12 Å². The van der Waals surface area contributed by atoms with E-state index >= 15 is 0 Å². The third-order valence-electron chi connectivity index (χ3n) is 4.38. The number of anilines is 1. The van der Waals surface area contributed by atoms with E-state index in [0.717, 1.165) is 22.3 Å². The molecule has 1 aromatic rings. The molecule has 3 nitrogen and oxygen atoms in total. The molecule has 0 amide bonds. The van der Waals surface area contributed by atoms with Gasteiger partial charge in [0.15, 0.2) is 0 Å². The van der Waals surface area contributed by atoms with E-state index in [1.54, 1.807) is 0 Å². The number of benzene rings is 1. The highest BCUT2D eigenvalue weighted by atomic mass is 16.7. The van der Waals surface area contributed by atoms with Crippen molar-refractivity contribution in [2.24, 2.45) is 0 Å². The van der Waals surface area contributed by atoms with Crippen molar-refractivity contribution >= 4 is 18.3 Å². The van der Waals surface area contributed by atoms with Crippen LogP contribution in [0.3, 0.4) is 0 Å². The van der Waals surface area contributed by atoms with E-state index in [1.807, 2.05) is 19.1 Å². The predicted molar refractivity (Wildman–Crippen MR) is 76.0 cm³/mol. The van der Waals surface area contributed by atoms with Gasteiger partial charge in [-0.1, -0.05) is 6.07 Å². The Morgan fingerprint density at radius 1 is 0.944 bits per heavy atom. The molecule has 0 aromatic heterocycles. The highest BCUT2D eigenvalue weighted by Crippen LogP contribution is 2.36. The summed E-state index contributed by atoms with van der Waals surface area (Å²) >= 11 is 0. The van der Waals surface area contributed by atoms with Crippen molar-refractivity contribution in [3.8, 4) is 0 Å². The molecule has 1 aliphatic heterocycles. The van der Waals surface area contributed by atoms with Crippen LogP contribution in [-0.4, -0.2) is 18.3 Å². The lowest BCUT2D eigenvalue weighted by Gasteiger charge is -2.32. The normalized spacial score (nSPS) is 21.3. The summed E-state index contributed by atoms with van der Waals surface area (Å²) < 4.78 is 12.1. The topological polar surface area (TPSA) is 44.5 Å². The Hall–Kier alpha value is -0.995. The molecule has 0 radical (unpaired) electrons. The Bertz CT molecular complexity index is 467. The third-order valence-corrected chi connectivity index (χ3v) is 4.38. The summed E-state index contributed by atoms with van der Waals surface area (Å²) in [6.45, 7) is 12.3. The van der Waals surface area contributed by atoms with E-state index in [0.29, 0.717) is 0 Å². The molecule has 1 saturated heterocycles. The molecule has 1 fully saturated rings. The quantitative estimate of drug-likeness (QED) is 0.611. The maximum absolute atomic E-state index is 6.06. The summed E-state index contributed by atoms with van der Waals surface area (Å²) in [6, 6.07) is 3.92. The summed E-state index contributed by atoms with van der Waals surface area (Å²) in [6.07, 6.45) is 0. The van der Waals surface area contributed by atoms with E-state index in [-0.39, 0.29) is 18.3 Å². The van der Waals surface area contributed by atoms with Gasteiger partial charge in [-0.3, -0.25) is 0 Å². The molecule has 18 heavy (non-hydrogen) atoms. The lowest BCUT2D eigenvalue weighted by molar-refractivity contribution is 0.00578. The first-order chi connectivity index (χ1) is 8.16. The molecule has 0 bridgehead atoms. The maximum Gasteiger partial charge on any atom is 0.495 e. The van der Waals surface area contributed by atoms with Crippen molar-refractivity contribution in [1.82, 2.24) is 0 Å². The van der Waals surface area contributed by atoms with Crippen LogP contribution < -0.4 is 11.2 Å². The van der Waals surface area contributed by atoms with Crippen LogP contribution >= 0.6 is 0 Å². The minimum absolute atomic E-state index is 0.306. The number of hydrogen-bond donors (Lipinski definition) is 1. The molecular formula is C14H22BNO2. The van der Waals surface area contributed by atoms with Gasteiger partial charge < -0.3 is 15.0 Å². The number of hydrogen-bond acceptors (Lipinski definition) is 3. The van der Waals surface area contributed by atoms with Crippen molar-refractivity contribution in [2.75, 3.05) is 5.73 Å². The van der Waals surface area contributed by atoms with E-state index in [1.165, 1.54) is 0 Å². The van der Waals surface area contributed by atoms with Crippen LogP contribution in [0.1, 0.15) is 38.8 Å². The summed E-state index contributed by atoms with van der Waals surface area (Å²) in [5, 5.41) is 0. The van der Waals surface area contributed by atoms with E-state index in [9.17, 15) is 0 Å². The zero-order chi connectivity index (χ0) is 13.7. The highest BCUT2D eigenvalue weighted by Gasteiger charge is 2.52. The standard InChI is InChI=1S/C14H22BNO2/c1-9-10(2)12(16)8-7-11(9)15-17-13(3,4)14(5,6)18-15/h7-8H,16H2,1-6H3. The lowest BCUT2D eigenvalue weighted by atomic mass is 9.75. The monoisotopic (exact) mass is 247 g/mol. The van der Waals surface area contributed by atoms with Gasteiger partial charge in [0.2, 0.25) is 0 Å². The maximum atomic E-state index is 6.06. The summed E-state index contributed by atoms with van der Waals surface area (Å²) in [7, 11) is -0.311. The Morgan fingerprint density at radius 3 is 1.94 bits per heavy atom. The second-order valence-corrected chi connectivity index (χ2v) is 6.08. The SMILES string of the molecule is Cc1c(N)ccc(B2OC(C)(C)C(C)(C)O2)c1C. The Kier molecular flexibility index (Phi) is 2.99. The number of nitrogen functional groups attached to an aromatic ring is 1. The molecule has 98 valence electrons. The van der Waals surface area contributed by atoms with Crippen molar-refractivity contribution in [2.45, 2.75) is 52.7 Å². The molecule has 0 aliphatic carbocycles. The van der Waals surface area contributed by atoms with Crippen LogP contribution in [0.15, 0.2) is 12.1 Å². The molecule has 0 spiro atoms. The summed E-state index contributed by atoms with van der Waals surface area (Å²) in [4.78, 5) is 0. The van der Waals surface area contributed by atoms with E-state index in [4.69, 9.17) is 15.0 Å². The fraction of sp³-hybridized carbons (Fsp3) is 0.571. The van der Waals surface area contributed by atoms with Crippen molar-refractivity contribution in [3.63, 3.8) is 0 Å². The van der Waals surface area contributed by atoms with Crippen LogP contribution in [-0.2, 0) is 9.31 Å². The first kappa shape index (κ1) is 13.4. The van der Waals surface area contributed by atoms with Crippen molar-refractivity contribution in [1.29, 1.82) is 0 Å². The van der Waals surface area contributed by atoms with Gasteiger partial charge in [-0.05, 0) is 64.2 Å². The number of nitrogens with two attached hydrogens (primary N) is 1. The molecule has 2 N–H and O–H groups in total. The van der Waals surface area contributed by atoms with E-state index < -0.39 is 0 Å². The largest absolute Gasteiger partial charge is 0.495 e. The van der Waals surface area contributed by atoms with Gasteiger partial charge in [0.1, 0.15) is 0 Å². The number of rotatable bonds is 1.